The van der Waals surface area contributed by atoms with Crippen molar-refractivity contribution in [2.75, 3.05) is 0 Å². The fourth-order valence-corrected chi connectivity index (χ4v) is 3.22. The van der Waals surface area contributed by atoms with Gasteiger partial charge < -0.3 is 13.7 Å². The summed E-state index contributed by atoms with van der Waals surface area (Å²) in [7, 11) is 2.06. The van der Waals surface area contributed by atoms with Gasteiger partial charge in [-0.15, -0.1) is 0 Å². The molecule has 3 rings (SSSR count). The molecule has 0 unspecified atom stereocenters. The van der Waals surface area contributed by atoms with Crippen molar-refractivity contribution in [1.29, 1.82) is 0 Å². The Morgan fingerprint density at radius 3 is 1.88 bits per heavy atom. The van der Waals surface area contributed by atoms with E-state index in [-0.39, 0.29) is 0 Å². The van der Waals surface area contributed by atoms with E-state index >= 15 is 0 Å². The van der Waals surface area contributed by atoms with Gasteiger partial charge in [0.15, 0.2) is 0 Å². The highest BCUT2D eigenvalue weighted by atomic mass is 15.1. The van der Waals surface area contributed by atoms with Gasteiger partial charge in [0.05, 0.1) is 17.1 Å². The first kappa shape index (κ1) is 16.5. The third kappa shape index (κ3) is 3.58. The number of nitrogens with zero attached hydrogens (tertiary/aromatic N) is 6. The standard InChI is InChI=1S/C18H26N6/c1-13-10-22(5)17(20-13)6-9-24-12-15(3)21-18(24)7-8-23-11-14(2)19-16(23)4/h10-12H,6-9H2,1-5H3. The molecule has 6 heteroatoms. The van der Waals surface area contributed by atoms with Crippen LogP contribution < -0.4 is 0 Å². The Labute approximate surface area is 143 Å². The molecule has 0 saturated carbocycles. The van der Waals surface area contributed by atoms with E-state index in [0.717, 1.165) is 60.5 Å². The average Bonchev–Trinajstić information content (AvgIpc) is 3.12. The molecule has 6 nitrogen and oxygen atoms in total. The molecule has 0 fully saturated rings. The van der Waals surface area contributed by atoms with Gasteiger partial charge in [-0.3, -0.25) is 0 Å². The number of hydrogen-bond donors (Lipinski definition) is 0. The quantitative estimate of drug-likeness (QED) is 0.699. The van der Waals surface area contributed by atoms with Gasteiger partial charge in [0, 0.05) is 51.6 Å². The van der Waals surface area contributed by atoms with Crippen molar-refractivity contribution < 1.29 is 0 Å². The van der Waals surface area contributed by atoms with Crippen molar-refractivity contribution >= 4 is 0 Å². The molecule has 3 heterocycles. The Balaban J connectivity index is 1.68. The van der Waals surface area contributed by atoms with E-state index in [4.69, 9.17) is 4.98 Å². The molecule has 24 heavy (non-hydrogen) atoms. The number of aryl methyl sites for hydroxylation is 9. The molecule has 0 aliphatic carbocycles. The maximum absolute atomic E-state index is 4.70. The van der Waals surface area contributed by atoms with Gasteiger partial charge >= 0.3 is 0 Å². The molecular weight excluding hydrogens is 300 g/mol. The molecule has 0 N–H and O–H groups in total. The molecule has 0 bridgehead atoms. The predicted octanol–water partition coefficient (Wildman–Crippen LogP) is 2.53. The fourth-order valence-electron chi connectivity index (χ4n) is 3.22. The minimum absolute atomic E-state index is 0.905. The Hall–Kier alpha value is -2.37. The summed E-state index contributed by atoms with van der Waals surface area (Å²) in [6.07, 6.45) is 8.13. The first-order valence-electron chi connectivity index (χ1n) is 8.44. The van der Waals surface area contributed by atoms with E-state index in [1.54, 1.807) is 0 Å². The summed E-state index contributed by atoms with van der Waals surface area (Å²) >= 11 is 0. The lowest BCUT2D eigenvalue weighted by Crippen LogP contribution is -2.11. The zero-order chi connectivity index (χ0) is 17.3. The third-order valence-corrected chi connectivity index (χ3v) is 4.32. The van der Waals surface area contributed by atoms with Crippen LogP contribution in [0.25, 0.3) is 0 Å². The van der Waals surface area contributed by atoms with Gasteiger partial charge in [0.1, 0.15) is 17.5 Å². The second kappa shape index (κ2) is 6.63. The summed E-state index contributed by atoms with van der Waals surface area (Å²) in [6, 6.07) is 0. The molecule has 3 aromatic rings. The summed E-state index contributed by atoms with van der Waals surface area (Å²) in [6.45, 7) is 9.98. The van der Waals surface area contributed by atoms with Crippen molar-refractivity contribution in [3.63, 3.8) is 0 Å². The first-order chi connectivity index (χ1) is 11.4. The lowest BCUT2D eigenvalue weighted by molar-refractivity contribution is 0.585. The van der Waals surface area contributed by atoms with Crippen molar-refractivity contribution in [1.82, 2.24) is 28.7 Å². The number of aromatic nitrogens is 6. The minimum Gasteiger partial charge on any atom is -0.338 e. The van der Waals surface area contributed by atoms with Gasteiger partial charge in [0.25, 0.3) is 0 Å². The van der Waals surface area contributed by atoms with Crippen LogP contribution in [0, 0.1) is 27.7 Å². The molecule has 0 spiro atoms. The predicted molar refractivity (Wildman–Crippen MR) is 94.0 cm³/mol. The fraction of sp³-hybridized carbons (Fsp3) is 0.500. The van der Waals surface area contributed by atoms with E-state index in [2.05, 4.69) is 56.2 Å². The van der Waals surface area contributed by atoms with Gasteiger partial charge in [0.2, 0.25) is 0 Å². The van der Waals surface area contributed by atoms with E-state index < -0.39 is 0 Å². The van der Waals surface area contributed by atoms with Crippen LogP contribution in [-0.2, 0) is 33.0 Å². The molecule has 0 saturated heterocycles. The van der Waals surface area contributed by atoms with Crippen molar-refractivity contribution in [2.45, 2.75) is 53.6 Å². The van der Waals surface area contributed by atoms with Gasteiger partial charge in [-0.05, 0) is 27.7 Å². The van der Waals surface area contributed by atoms with E-state index in [9.17, 15) is 0 Å². The molecule has 0 aliphatic heterocycles. The summed E-state index contributed by atoms with van der Waals surface area (Å²) in [4.78, 5) is 13.8. The molecule has 128 valence electrons. The van der Waals surface area contributed by atoms with Crippen LogP contribution in [0.2, 0.25) is 0 Å². The SMILES string of the molecule is Cc1cn(C)c(CCn2cc(C)nc2CCn2cc(C)nc2C)n1. The molecule has 3 aromatic heterocycles. The van der Waals surface area contributed by atoms with E-state index in [1.807, 2.05) is 20.8 Å². The van der Waals surface area contributed by atoms with Crippen LogP contribution in [-0.4, -0.2) is 28.7 Å². The monoisotopic (exact) mass is 326 g/mol. The van der Waals surface area contributed by atoms with Gasteiger partial charge in [-0.1, -0.05) is 0 Å². The molecule has 0 atom stereocenters. The van der Waals surface area contributed by atoms with Crippen molar-refractivity contribution in [2.24, 2.45) is 7.05 Å². The van der Waals surface area contributed by atoms with Gasteiger partial charge in [-0.2, -0.15) is 0 Å². The Morgan fingerprint density at radius 1 is 0.708 bits per heavy atom. The molecule has 0 aromatic carbocycles. The first-order valence-corrected chi connectivity index (χ1v) is 8.44. The van der Waals surface area contributed by atoms with Crippen LogP contribution in [0.4, 0.5) is 0 Å². The van der Waals surface area contributed by atoms with Crippen LogP contribution in [0.1, 0.15) is 34.6 Å². The maximum atomic E-state index is 4.70. The van der Waals surface area contributed by atoms with Crippen LogP contribution in [0.15, 0.2) is 18.6 Å². The van der Waals surface area contributed by atoms with Crippen LogP contribution in [0.5, 0.6) is 0 Å². The molecule has 0 amide bonds. The summed E-state index contributed by atoms with van der Waals surface area (Å²) in [5.41, 5.74) is 3.21. The number of rotatable bonds is 6. The van der Waals surface area contributed by atoms with E-state index in [0.29, 0.717) is 0 Å². The highest BCUT2D eigenvalue weighted by molar-refractivity contribution is 5.06. The second-order valence-electron chi connectivity index (χ2n) is 6.52. The highest BCUT2D eigenvalue weighted by Gasteiger charge is 2.09. The third-order valence-electron chi connectivity index (χ3n) is 4.32. The smallest absolute Gasteiger partial charge is 0.110 e. The Kier molecular flexibility index (Phi) is 4.55. The normalized spacial score (nSPS) is 11.4. The minimum atomic E-state index is 0.905. The van der Waals surface area contributed by atoms with E-state index in [1.165, 1.54) is 0 Å². The average molecular weight is 326 g/mol. The summed E-state index contributed by atoms with van der Waals surface area (Å²) in [5.74, 6) is 3.31. The highest BCUT2D eigenvalue weighted by Crippen LogP contribution is 2.10. The summed E-state index contributed by atoms with van der Waals surface area (Å²) in [5, 5.41) is 0. The molecule has 0 radical (unpaired) electrons. The lowest BCUT2D eigenvalue weighted by atomic mass is 10.3. The number of hydrogen-bond acceptors (Lipinski definition) is 3. The maximum Gasteiger partial charge on any atom is 0.110 e. The second-order valence-corrected chi connectivity index (χ2v) is 6.52. The Morgan fingerprint density at radius 2 is 1.25 bits per heavy atom. The van der Waals surface area contributed by atoms with Gasteiger partial charge in [-0.25, -0.2) is 15.0 Å². The lowest BCUT2D eigenvalue weighted by Gasteiger charge is -2.09. The zero-order valence-corrected chi connectivity index (χ0v) is 15.2. The largest absolute Gasteiger partial charge is 0.338 e. The molecule has 0 aliphatic rings. The Bertz CT molecular complexity index is 768. The molecular formula is C18H26N6. The number of imidazole rings is 3. The van der Waals surface area contributed by atoms with Crippen molar-refractivity contribution in [3.05, 3.63) is 53.1 Å². The van der Waals surface area contributed by atoms with Crippen LogP contribution in [0.3, 0.4) is 0 Å². The topological polar surface area (TPSA) is 53.5 Å². The summed E-state index contributed by atoms with van der Waals surface area (Å²) < 4.78 is 6.57. The van der Waals surface area contributed by atoms with Crippen LogP contribution >= 0.6 is 0 Å². The van der Waals surface area contributed by atoms with Crippen molar-refractivity contribution in [3.8, 4) is 0 Å². The zero-order valence-electron chi connectivity index (χ0n) is 15.2.